The molecular formula is C13H18N2O3. The van der Waals surface area contributed by atoms with Crippen LogP contribution >= 0.6 is 0 Å². The molecule has 0 aromatic carbocycles. The summed E-state index contributed by atoms with van der Waals surface area (Å²) in [5, 5.41) is 2.64. The third kappa shape index (κ3) is 2.72. The van der Waals surface area contributed by atoms with Gasteiger partial charge >= 0.3 is 0 Å². The lowest BCUT2D eigenvalue weighted by Gasteiger charge is -2.35. The summed E-state index contributed by atoms with van der Waals surface area (Å²) < 4.78 is 5.25. The third-order valence-electron chi connectivity index (χ3n) is 3.01. The summed E-state index contributed by atoms with van der Waals surface area (Å²) in [5.74, 6) is 0.920. The lowest BCUT2D eigenvalue weighted by Crippen LogP contribution is -2.58. The highest BCUT2D eigenvalue weighted by molar-refractivity contribution is 5.94. The number of amides is 2. The second-order valence-electron chi connectivity index (χ2n) is 4.96. The van der Waals surface area contributed by atoms with E-state index in [0.717, 1.165) is 0 Å². The Morgan fingerprint density at radius 2 is 2.28 bits per heavy atom. The Balaban J connectivity index is 2.15. The Hall–Kier alpha value is -1.78. The molecule has 1 N–H and O–H groups in total. The fraction of sp³-hybridized carbons (Fsp3) is 0.538. The molecule has 5 heteroatoms. The molecule has 2 amide bonds. The van der Waals surface area contributed by atoms with Gasteiger partial charge in [-0.15, -0.1) is 0 Å². The number of nitrogens with one attached hydrogen (secondary N) is 1. The fourth-order valence-electron chi connectivity index (χ4n) is 2.15. The van der Waals surface area contributed by atoms with Crippen LogP contribution in [0.3, 0.4) is 0 Å². The summed E-state index contributed by atoms with van der Waals surface area (Å²) in [4.78, 5) is 25.4. The van der Waals surface area contributed by atoms with Crippen molar-refractivity contribution in [3.63, 3.8) is 0 Å². The van der Waals surface area contributed by atoms with Gasteiger partial charge in [0.15, 0.2) is 0 Å². The first kappa shape index (κ1) is 12.7. The minimum absolute atomic E-state index is 0.0587. The molecule has 5 nitrogen and oxygen atoms in total. The van der Waals surface area contributed by atoms with Crippen molar-refractivity contribution in [3.05, 3.63) is 24.2 Å². The molecule has 2 rings (SSSR count). The van der Waals surface area contributed by atoms with E-state index in [1.807, 2.05) is 19.9 Å². The van der Waals surface area contributed by atoms with Gasteiger partial charge in [-0.1, -0.05) is 13.8 Å². The molecule has 1 fully saturated rings. The van der Waals surface area contributed by atoms with Gasteiger partial charge in [0.05, 0.1) is 19.4 Å². The van der Waals surface area contributed by atoms with Gasteiger partial charge in [-0.05, 0) is 24.5 Å². The van der Waals surface area contributed by atoms with E-state index in [1.165, 1.54) is 0 Å². The van der Waals surface area contributed by atoms with Crippen LogP contribution in [0.5, 0.6) is 0 Å². The van der Waals surface area contributed by atoms with Crippen LogP contribution in [0, 0.1) is 5.92 Å². The molecule has 1 aromatic rings. The molecule has 0 unspecified atom stereocenters. The van der Waals surface area contributed by atoms with Crippen molar-refractivity contribution < 1.29 is 14.0 Å². The van der Waals surface area contributed by atoms with Crippen molar-refractivity contribution in [3.8, 4) is 0 Å². The van der Waals surface area contributed by atoms with Gasteiger partial charge in [0.25, 0.3) is 0 Å². The maximum Gasteiger partial charge on any atom is 0.243 e. The van der Waals surface area contributed by atoms with E-state index < -0.39 is 6.04 Å². The first-order chi connectivity index (χ1) is 8.58. The SMILES string of the molecule is CC(C)C[C@@H]1C(=O)NCC(=O)N1Cc1ccco1. The van der Waals surface area contributed by atoms with Gasteiger partial charge in [0.2, 0.25) is 11.8 Å². The Labute approximate surface area is 106 Å². The zero-order valence-corrected chi connectivity index (χ0v) is 10.7. The lowest BCUT2D eigenvalue weighted by atomic mass is 10.00. The maximum atomic E-state index is 11.9. The Morgan fingerprint density at radius 1 is 1.50 bits per heavy atom. The van der Waals surface area contributed by atoms with Crippen molar-refractivity contribution >= 4 is 11.8 Å². The molecule has 0 bridgehead atoms. The highest BCUT2D eigenvalue weighted by atomic mass is 16.3. The van der Waals surface area contributed by atoms with E-state index in [9.17, 15) is 9.59 Å². The number of hydrogen-bond donors (Lipinski definition) is 1. The fourth-order valence-corrected chi connectivity index (χ4v) is 2.15. The van der Waals surface area contributed by atoms with Gasteiger partial charge in [-0.25, -0.2) is 0 Å². The van der Waals surface area contributed by atoms with E-state index in [4.69, 9.17) is 4.42 Å². The zero-order valence-electron chi connectivity index (χ0n) is 10.7. The highest BCUT2D eigenvalue weighted by Gasteiger charge is 2.35. The van der Waals surface area contributed by atoms with Crippen LogP contribution < -0.4 is 5.32 Å². The molecular weight excluding hydrogens is 232 g/mol. The Morgan fingerprint density at radius 3 is 2.89 bits per heavy atom. The van der Waals surface area contributed by atoms with Crippen molar-refractivity contribution in [1.29, 1.82) is 0 Å². The molecule has 0 radical (unpaired) electrons. The van der Waals surface area contributed by atoms with Crippen LogP contribution in [-0.2, 0) is 16.1 Å². The lowest BCUT2D eigenvalue weighted by molar-refractivity contribution is -0.147. The van der Waals surface area contributed by atoms with Crippen LogP contribution in [0.2, 0.25) is 0 Å². The van der Waals surface area contributed by atoms with E-state index in [1.54, 1.807) is 17.2 Å². The predicted octanol–water partition coefficient (Wildman–Crippen LogP) is 1.15. The molecule has 0 saturated carbocycles. The molecule has 1 aromatic heterocycles. The molecule has 1 atom stereocenters. The Bertz CT molecular complexity index is 425. The number of piperazine rings is 1. The van der Waals surface area contributed by atoms with Crippen LogP contribution in [-0.4, -0.2) is 29.3 Å². The zero-order chi connectivity index (χ0) is 13.1. The normalized spacial score (nSPS) is 20.4. The van der Waals surface area contributed by atoms with E-state index in [2.05, 4.69) is 5.32 Å². The molecule has 98 valence electrons. The number of carbonyl (C=O) groups excluding carboxylic acids is 2. The summed E-state index contributed by atoms with van der Waals surface area (Å²) >= 11 is 0. The number of rotatable bonds is 4. The van der Waals surface area contributed by atoms with Gasteiger partial charge in [0, 0.05) is 0 Å². The van der Waals surface area contributed by atoms with Crippen molar-refractivity contribution in [1.82, 2.24) is 10.2 Å². The largest absolute Gasteiger partial charge is 0.467 e. The average molecular weight is 250 g/mol. The van der Waals surface area contributed by atoms with Gasteiger partial charge in [-0.2, -0.15) is 0 Å². The van der Waals surface area contributed by atoms with Gasteiger partial charge < -0.3 is 14.6 Å². The van der Waals surface area contributed by atoms with E-state index in [0.29, 0.717) is 24.6 Å². The van der Waals surface area contributed by atoms with Crippen LogP contribution in [0.25, 0.3) is 0 Å². The minimum Gasteiger partial charge on any atom is -0.467 e. The van der Waals surface area contributed by atoms with Gasteiger partial charge in [-0.3, -0.25) is 9.59 Å². The van der Waals surface area contributed by atoms with Crippen molar-refractivity contribution in [2.24, 2.45) is 5.92 Å². The van der Waals surface area contributed by atoms with Crippen molar-refractivity contribution in [2.45, 2.75) is 32.9 Å². The summed E-state index contributed by atoms with van der Waals surface area (Å²) in [6.07, 6.45) is 2.24. The molecule has 1 saturated heterocycles. The smallest absolute Gasteiger partial charge is 0.243 e. The second-order valence-corrected chi connectivity index (χ2v) is 4.96. The number of hydrogen-bond acceptors (Lipinski definition) is 3. The number of furan rings is 1. The highest BCUT2D eigenvalue weighted by Crippen LogP contribution is 2.18. The van der Waals surface area contributed by atoms with E-state index >= 15 is 0 Å². The van der Waals surface area contributed by atoms with Gasteiger partial charge in [0.1, 0.15) is 11.8 Å². The van der Waals surface area contributed by atoms with Crippen LogP contribution in [0.15, 0.2) is 22.8 Å². The van der Waals surface area contributed by atoms with Crippen molar-refractivity contribution in [2.75, 3.05) is 6.54 Å². The minimum atomic E-state index is -0.392. The maximum absolute atomic E-state index is 11.9. The molecule has 1 aliphatic rings. The number of nitrogens with zero attached hydrogens (tertiary/aromatic N) is 1. The van der Waals surface area contributed by atoms with Crippen LogP contribution in [0.4, 0.5) is 0 Å². The summed E-state index contributed by atoms with van der Waals surface area (Å²) in [7, 11) is 0. The molecule has 0 spiro atoms. The first-order valence-corrected chi connectivity index (χ1v) is 6.17. The molecule has 0 aliphatic carbocycles. The predicted molar refractivity (Wildman–Crippen MR) is 65.5 cm³/mol. The first-order valence-electron chi connectivity index (χ1n) is 6.17. The average Bonchev–Trinajstić information content (AvgIpc) is 2.80. The number of carbonyl (C=O) groups is 2. The molecule has 18 heavy (non-hydrogen) atoms. The second kappa shape index (κ2) is 5.25. The standard InChI is InChI=1S/C13H18N2O3/c1-9(2)6-11-13(17)14-7-12(16)15(11)8-10-4-3-5-18-10/h3-5,9,11H,6-8H2,1-2H3,(H,14,17)/t11-/m1/s1. The quantitative estimate of drug-likeness (QED) is 0.872. The van der Waals surface area contributed by atoms with Crippen LogP contribution in [0.1, 0.15) is 26.0 Å². The monoisotopic (exact) mass is 250 g/mol. The summed E-state index contributed by atoms with van der Waals surface area (Å²) in [6, 6.07) is 3.20. The third-order valence-corrected chi connectivity index (χ3v) is 3.01. The molecule has 1 aliphatic heterocycles. The Kier molecular flexibility index (Phi) is 3.69. The summed E-state index contributed by atoms with van der Waals surface area (Å²) in [6.45, 7) is 4.51. The summed E-state index contributed by atoms with van der Waals surface area (Å²) in [5.41, 5.74) is 0. The van der Waals surface area contributed by atoms with E-state index in [-0.39, 0.29) is 18.4 Å². The topological polar surface area (TPSA) is 62.6 Å². The molecule has 2 heterocycles.